The summed E-state index contributed by atoms with van der Waals surface area (Å²) >= 11 is 0. The molecule has 10 aromatic carbocycles. The van der Waals surface area contributed by atoms with Gasteiger partial charge in [0, 0.05) is 33.0 Å². The molecular weight excluding hydrogens is 715 g/mol. The minimum atomic E-state index is 0.697. The van der Waals surface area contributed by atoms with E-state index in [1.165, 1.54) is 65.3 Å². The first-order valence-electron chi connectivity index (χ1n) is 20.1. The van der Waals surface area contributed by atoms with Gasteiger partial charge in [0.15, 0.2) is 5.82 Å². The first-order valence-corrected chi connectivity index (χ1v) is 20.1. The topological polar surface area (TPSA) is 30.7 Å². The third-order valence-corrected chi connectivity index (χ3v) is 12.0. The second kappa shape index (κ2) is 13.4. The van der Waals surface area contributed by atoms with Gasteiger partial charge in [0.05, 0.1) is 22.2 Å². The van der Waals surface area contributed by atoms with Crippen LogP contribution in [0.15, 0.2) is 212 Å². The molecule has 12 aromatic rings. The number of fused-ring (bicyclic) bond motifs is 8. The Labute approximate surface area is 341 Å². The van der Waals surface area contributed by atoms with Gasteiger partial charge in [-0.05, 0) is 115 Å². The Balaban J connectivity index is 1.01. The van der Waals surface area contributed by atoms with Gasteiger partial charge >= 0.3 is 0 Å². The summed E-state index contributed by atoms with van der Waals surface area (Å²) in [5.74, 6) is 0.697. The molecule has 0 radical (unpaired) electrons. The molecule has 0 aliphatic rings. The Hall–Kier alpha value is -7.88. The van der Waals surface area contributed by atoms with Crippen molar-refractivity contribution in [2.75, 3.05) is 0 Å². The van der Waals surface area contributed by atoms with Crippen molar-refractivity contribution in [1.82, 2.24) is 14.5 Å². The van der Waals surface area contributed by atoms with Gasteiger partial charge in [-0.25, -0.2) is 9.97 Å². The van der Waals surface area contributed by atoms with E-state index >= 15 is 0 Å². The van der Waals surface area contributed by atoms with E-state index in [9.17, 15) is 0 Å². The minimum absolute atomic E-state index is 0.697. The molecule has 0 aliphatic carbocycles. The van der Waals surface area contributed by atoms with Gasteiger partial charge in [-0.2, -0.15) is 0 Å². The maximum absolute atomic E-state index is 5.34. The summed E-state index contributed by atoms with van der Waals surface area (Å²) in [7, 11) is 0. The average Bonchev–Trinajstić information content (AvgIpc) is 3.64. The van der Waals surface area contributed by atoms with Crippen LogP contribution in [0.4, 0.5) is 0 Å². The molecule has 3 nitrogen and oxygen atoms in total. The summed E-state index contributed by atoms with van der Waals surface area (Å²) in [6, 6.07) is 76.4. The maximum Gasteiger partial charge on any atom is 0.160 e. The quantitative estimate of drug-likeness (QED) is 0.175. The lowest BCUT2D eigenvalue weighted by Gasteiger charge is -2.13. The Morgan fingerprint density at radius 3 is 1.66 bits per heavy atom. The van der Waals surface area contributed by atoms with Gasteiger partial charge in [0.2, 0.25) is 0 Å². The van der Waals surface area contributed by atoms with E-state index in [1.807, 2.05) is 0 Å². The smallest absolute Gasteiger partial charge is 0.160 e. The zero-order valence-electron chi connectivity index (χ0n) is 32.0. The molecule has 2 aromatic heterocycles. The Morgan fingerprint density at radius 2 is 0.881 bits per heavy atom. The minimum Gasteiger partial charge on any atom is -0.309 e. The van der Waals surface area contributed by atoms with E-state index in [2.05, 4.69) is 217 Å². The number of nitrogens with zero attached hydrogens (tertiary/aromatic N) is 3. The molecular formula is C56H35N3. The van der Waals surface area contributed by atoms with Crippen molar-refractivity contribution in [1.29, 1.82) is 0 Å². The van der Waals surface area contributed by atoms with Gasteiger partial charge in [0.25, 0.3) is 0 Å². The number of hydrogen-bond acceptors (Lipinski definition) is 2. The average molecular weight is 750 g/mol. The molecule has 12 rings (SSSR count). The zero-order chi connectivity index (χ0) is 38.9. The fourth-order valence-corrected chi connectivity index (χ4v) is 8.99. The second-order valence-corrected chi connectivity index (χ2v) is 15.4. The molecule has 0 amide bonds. The standard InChI is InChI=1S/C56H35N3/c1-2-10-36(11-3-1)38-18-20-39(21-19-38)45-26-30-49-51(34-45)57-56(58-55(49)46-23-22-37-12-4-5-14-42(37)32-46)41-24-28-47(29-25-41)59-52-31-27-40-13-8-9-17-48(40)54(52)50-33-43-15-6-7-16-44(43)35-53(50)59/h1-35H. The van der Waals surface area contributed by atoms with Crippen LogP contribution in [0, 0.1) is 0 Å². The third kappa shape index (κ3) is 5.59. The van der Waals surface area contributed by atoms with E-state index in [4.69, 9.17) is 9.97 Å². The Kier molecular flexibility index (Phi) is 7.54. The summed E-state index contributed by atoms with van der Waals surface area (Å²) in [6.45, 7) is 0. The monoisotopic (exact) mass is 749 g/mol. The zero-order valence-corrected chi connectivity index (χ0v) is 32.0. The normalized spacial score (nSPS) is 11.7. The molecule has 3 heteroatoms. The lowest BCUT2D eigenvalue weighted by molar-refractivity contribution is 1.18. The van der Waals surface area contributed by atoms with Gasteiger partial charge in [-0.1, -0.05) is 152 Å². The SMILES string of the molecule is c1ccc(-c2ccc(-c3ccc4c(-c5ccc6ccccc6c5)nc(-c5ccc(-n6c7cc8ccccc8cc7c7c8ccccc8ccc76)cc5)nc4c3)cc2)cc1. The molecule has 0 N–H and O–H groups in total. The molecule has 0 saturated carbocycles. The molecule has 0 saturated heterocycles. The predicted octanol–water partition coefficient (Wildman–Crippen LogP) is 14.9. The van der Waals surface area contributed by atoms with Gasteiger partial charge in [-0.3, -0.25) is 0 Å². The highest BCUT2D eigenvalue weighted by atomic mass is 15.0. The molecule has 0 aliphatic heterocycles. The molecule has 0 fully saturated rings. The van der Waals surface area contributed by atoms with Crippen molar-refractivity contribution < 1.29 is 0 Å². The molecule has 2 heterocycles. The van der Waals surface area contributed by atoms with E-state index in [1.54, 1.807) is 0 Å². The summed E-state index contributed by atoms with van der Waals surface area (Å²) in [4.78, 5) is 10.6. The first-order chi connectivity index (χ1) is 29.2. The van der Waals surface area contributed by atoms with Crippen LogP contribution in [0.2, 0.25) is 0 Å². The largest absolute Gasteiger partial charge is 0.309 e. The molecule has 0 unspecified atom stereocenters. The number of aromatic nitrogens is 3. The van der Waals surface area contributed by atoms with E-state index in [0.717, 1.165) is 44.5 Å². The molecule has 0 spiro atoms. The lowest BCUT2D eigenvalue weighted by Crippen LogP contribution is -1.97. The summed E-state index contributed by atoms with van der Waals surface area (Å²) in [6.07, 6.45) is 0. The van der Waals surface area contributed by atoms with E-state index < -0.39 is 0 Å². The van der Waals surface area contributed by atoms with Crippen molar-refractivity contribution in [3.05, 3.63) is 212 Å². The van der Waals surface area contributed by atoms with Crippen molar-refractivity contribution in [2.45, 2.75) is 0 Å². The van der Waals surface area contributed by atoms with Crippen LogP contribution in [0.5, 0.6) is 0 Å². The summed E-state index contributed by atoms with van der Waals surface area (Å²) < 4.78 is 2.41. The highest BCUT2D eigenvalue weighted by Crippen LogP contribution is 2.40. The van der Waals surface area contributed by atoms with Gasteiger partial charge < -0.3 is 4.57 Å². The van der Waals surface area contributed by atoms with Crippen molar-refractivity contribution in [3.63, 3.8) is 0 Å². The van der Waals surface area contributed by atoms with Crippen LogP contribution < -0.4 is 0 Å². The number of hydrogen-bond donors (Lipinski definition) is 0. The fraction of sp³-hybridized carbons (Fsp3) is 0. The third-order valence-electron chi connectivity index (χ3n) is 12.0. The van der Waals surface area contributed by atoms with E-state index in [0.29, 0.717) is 5.82 Å². The molecule has 59 heavy (non-hydrogen) atoms. The van der Waals surface area contributed by atoms with Gasteiger partial charge in [-0.15, -0.1) is 0 Å². The Bertz CT molecular complexity index is 3580. The van der Waals surface area contributed by atoms with Crippen molar-refractivity contribution >= 4 is 65.0 Å². The highest BCUT2D eigenvalue weighted by Gasteiger charge is 2.18. The van der Waals surface area contributed by atoms with Gasteiger partial charge in [0.1, 0.15) is 0 Å². The molecule has 0 bridgehead atoms. The van der Waals surface area contributed by atoms with E-state index in [-0.39, 0.29) is 0 Å². The number of benzene rings is 10. The summed E-state index contributed by atoms with van der Waals surface area (Å²) in [5.41, 5.74) is 12.0. The van der Waals surface area contributed by atoms with Crippen LogP contribution in [-0.4, -0.2) is 14.5 Å². The summed E-state index contributed by atoms with van der Waals surface area (Å²) in [5, 5.41) is 10.9. The highest BCUT2D eigenvalue weighted by molar-refractivity contribution is 6.23. The maximum atomic E-state index is 5.34. The molecule has 274 valence electrons. The number of rotatable bonds is 5. The van der Waals surface area contributed by atoms with Crippen LogP contribution in [0.1, 0.15) is 0 Å². The Morgan fingerprint density at radius 1 is 0.305 bits per heavy atom. The van der Waals surface area contributed by atoms with Crippen LogP contribution >= 0.6 is 0 Å². The lowest BCUT2D eigenvalue weighted by atomic mass is 9.97. The van der Waals surface area contributed by atoms with Crippen molar-refractivity contribution in [2.24, 2.45) is 0 Å². The van der Waals surface area contributed by atoms with Crippen molar-refractivity contribution in [3.8, 4) is 50.6 Å². The second-order valence-electron chi connectivity index (χ2n) is 15.4. The predicted molar refractivity (Wildman–Crippen MR) is 248 cm³/mol. The van der Waals surface area contributed by atoms with Crippen LogP contribution in [0.3, 0.4) is 0 Å². The molecule has 0 atom stereocenters. The van der Waals surface area contributed by atoms with Crippen LogP contribution in [-0.2, 0) is 0 Å². The van der Waals surface area contributed by atoms with Crippen LogP contribution in [0.25, 0.3) is 116 Å². The first kappa shape index (κ1) is 33.3. The fourth-order valence-electron chi connectivity index (χ4n) is 8.99.